The number of benzene rings is 2. The number of amides is 2. The topological polar surface area (TPSA) is 85.6 Å². The molecule has 1 fully saturated rings. The number of carbonyl (C=O) groups excluding carboxylic acids is 2. The van der Waals surface area contributed by atoms with Gasteiger partial charge in [0, 0.05) is 20.1 Å². The number of nitrogens with one attached hydrogen (secondary N) is 1. The highest BCUT2D eigenvalue weighted by molar-refractivity contribution is 5.93. The van der Waals surface area contributed by atoms with Crippen LogP contribution in [0.5, 0.6) is 5.75 Å². The second kappa shape index (κ2) is 10.6. The van der Waals surface area contributed by atoms with Crippen molar-refractivity contribution >= 4 is 17.5 Å². The molecule has 1 saturated heterocycles. The maximum Gasteiger partial charge on any atom is 0.295 e. The number of carbonyl (C=O) groups is 2. The van der Waals surface area contributed by atoms with Gasteiger partial charge in [0.25, 0.3) is 11.5 Å². The van der Waals surface area contributed by atoms with E-state index < -0.39 is 5.92 Å². The fourth-order valence-corrected chi connectivity index (χ4v) is 4.66. The van der Waals surface area contributed by atoms with E-state index >= 15 is 0 Å². The van der Waals surface area contributed by atoms with Crippen LogP contribution >= 0.6 is 0 Å². The maximum atomic E-state index is 13.4. The third kappa shape index (κ3) is 5.31. The minimum atomic E-state index is -0.394. The highest BCUT2D eigenvalue weighted by Gasteiger charge is 2.31. The van der Waals surface area contributed by atoms with Crippen LogP contribution in [0.3, 0.4) is 0 Å². The van der Waals surface area contributed by atoms with Gasteiger partial charge in [-0.05, 0) is 43.0 Å². The van der Waals surface area contributed by atoms with Crippen LogP contribution in [0.15, 0.2) is 65.5 Å². The number of hydrogen-bond acceptors (Lipinski definition) is 4. The van der Waals surface area contributed by atoms with Crippen LogP contribution in [-0.4, -0.2) is 45.8 Å². The lowest BCUT2D eigenvalue weighted by Crippen LogP contribution is -2.45. The van der Waals surface area contributed by atoms with Gasteiger partial charge in [0.1, 0.15) is 11.4 Å². The minimum Gasteiger partial charge on any atom is -0.484 e. The molecule has 2 amide bonds. The Kier molecular flexibility index (Phi) is 7.39. The van der Waals surface area contributed by atoms with Crippen molar-refractivity contribution in [2.45, 2.75) is 32.6 Å². The lowest BCUT2D eigenvalue weighted by Gasteiger charge is -2.32. The fourth-order valence-electron chi connectivity index (χ4n) is 4.66. The Labute approximate surface area is 205 Å². The monoisotopic (exact) mass is 476 g/mol. The lowest BCUT2D eigenvalue weighted by molar-refractivity contribution is -0.136. The predicted molar refractivity (Wildman–Crippen MR) is 135 cm³/mol. The summed E-state index contributed by atoms with van der Waals surface area (Å²) in [6.45, 7) is 4.81. The van der Waals surface area contributed by atoms with E-state index in [2.05, 4.69) is 5.32 Å². The molecule has 1 unspecified atom stereocenters. The zero-order valence-corrected chi connectivity index (χ0v) is 20.4. The van der Waals surface area contributed by atoms with Gasteiger partial charge in [0.15, 0.2) is 6.61 Å². The van der Waals surface area contributed by atoms with Crippen molar-refractivity contribution in [2.24, 2.45) is 13.0 Å². The number of nitrogens with zero attached hydrogens (tertiary/aromatic N) is 3. The molecule has 0 saturated carbocycles. The molecule has 0 aliphatic carbocycles. The van der Waals surface area contributed by atoms with E-state index in [4.69, 9.17) is 4.74 Å². The van der Waals surface area contributed by atoms with E-state index in [-0.39, 0.29) is 29.9 Å². The Morgan fingerprint density at radius 1 is 1.06 bits per heavy atom. The Balaban J connectivity index is 1.48. The van der Waals surface area contributed by atoms with Crippen LogP contribution in [0.2, 0.25) is 0 Å². The quantitative estimate of drug-likeness (QED) is 0.565. The molecule has 1 aromatic heterocycles. The smallest absolute Gasteiger partial charge is 0.295 e. The Morgan fingerprint density at radius 3 is 2.37 bits per heavy atom. The van der Waals surface area contributed by atoms with Gasteiger partial charge in [-0.15, -0.1) is 0 Å². The molecule has 184 valence electrons. The van der Waals surface area contributed by atoms with Crippen LogP contribution in [0.1, 0.15) is 38.3 Å². The summed E-state index contributed by atoms with van der Waals surface area (Å²) in [7, 11) is 1.83. The molecule has 0 radical (unpaired) electrons. The van der Waals surface area contributed by atoms with Crippen molar-refractivity contribution < 1.29 is 14.3 Å². The van der Waals surface area contributed by atoms with Gasteiger partial charge in [0.05, 0.1) is 17.3 Å². The third-order valence-corrected chi connectivity index (χ3v) is 6.36. The third-order valence-electron chi connectivity index (χ3n) is 6.36. The first-order valence-electron chi connectivity index (χ1n) is 12.0. The maximum absolute atomic E-state index is 13.4. The molecule has 0 spiro atoms. The Morgan fingerprint density at radius 2 is 1.71 bits per heavy atom. The van der Waals surface area contributed by atoms with E-state index in [0.29, 0.717) is 30.9 Å². The van der Waals surface area contributed by atoms with Gasteiger partial charge < -0.3 is 15.0 Å². The molecular weight excluding hydrogens is 444 g/mol. The number of aromatic nitrogens is 2. The number of para-hydroxylation sites is 2. The summed E-state index contributed by atoms with van der Waals surface area (Å²) in [5.74, 6) is -0.134. The Hall–Kier alpha value is -3.81. The van der Waals surface area contributed by atoms with Crippen molar-refractivity contribution in [2.75, 3.05) is 25.0 Å². The van der Waals surface area contributed by atoms with Crippen LogP contribution in [-0.2, 0) is 16.6 Å². The average molecular weight is 477 g/mol. The van der Waals surface area contributed by atoms with Crippen LogP contribution in [0, 0.1) is 5.92 Å². The largest absolute Gasteiger partial charge is 0.484 e. The minimum absolute atomic E-state index is 0.0209. The summed E-state index contributed by atoms with van der Waals surface area (Å²) >= 11 is 0. The normalized spacial score (nSPS) is 15.8. The molecule has 1 aliphatic heterocycles. The molecule has 35 heavy (non-hydrogen) atoms. The Bertz CT molecular complexity index is 1230. The molecule has 0 bridgehead atoms. The predicted octanol–water partition coefficient (Wildman–Crippen LogP) is 3.56. The summed E-state index contributed by atoms with van der Waals surface area (Å²) in [5.41, 5.74) is 1.52. The van der Waals surface area contributed by atoms with Crippen molar-refractivity contribution in [1.29, 1.82) is 0 Å². The zero-order valence-electron chi connectivity index (χ0n) is 20.4. The average Bonchev–Trinajstić information content (AvgIpc) is 3.12. The summed E-state index contributed by atoms with van der Waals surface area (Å²) < 4.78 is 8.96. The van der Waals surface area contributed by atoms with Gasteiger partial charge >= 0.3 is 0 Å². The zero-order chi connectivity index (χ0) is 24.9. The molecule has 8 nitrogen and oxygen atoms in total. The van der Waals surface area contributed by atoms with Crippen molar-refractivity contribution in [3.05, 3.63) is 76.7 Å². The van der Waals surface area contributed by atoms with Gasteiger partial charge in [-0.2, -0.15) is 0 Å². The molecule has 4 rings (SSSR count). The van der Waals surface area contributed by atoms with Gasteiger partial charge in [0.2, 0.25) is 5.91 Å². The van der Waals surface area contributed by atoms with E-state index in [0.717, 1.165) is 17.8 Å². The summed E-state index contributed by atoms with van der Waals surface area (Å²) in [6.07, 6.45) is 1.38. The lowest BCUT2D eigenvalue weighted by atomic mass is 9.96. The number of rotatable bonds is 7. The highest BCUT2D eigenvalue weighted by atomic mass is 16.5. The summed E-state index contributed by atoms with van der Waals surface area (Å²) in [4.78, 5) is 41.0. The number of anilines is 1. The highest BCUT2D eigenvalue weighted by Crippen LogP contribution is 2.25. The van der Waals surface area contributed by atoms with Gasteiger partial charge in [-0.25, -0.2) is 4.68 Å². The number of piperidine rings is 1. The first-order valence-corrected chi connectivity index (χ1v) is 12.0. The first-order chi connectivity index (χ1) is 16.9. The SMILES string of the molecule is CC(C)c1c(NC(=O)C2CCCN(C(=O)COc3ccccc3)C2)c(=O)n(-c2ccccc2)n1C. The van der Waals surface area contributed by atoms with Crippen molar-refractivity contribution in [3.8, 4) is 11.4 Å². The van der Waals surface area contributed by atoms with Crippen molar-refractivity contribution in [3.63, 3.8) is 0 Å². The molecule has 3 aromatic rings. The molecule has 8 heteroatoms. The van der Waals surface area contributed by atoms with E-state index in [1.54, 1.807) is 26.4 Å². The van der Waals surface area contributed by atoms with E-state index in [1.165, 1.54) is 0 Å². The van der Waals surface area contributed by atoms with Gasteiger partial charge in [-0.1, -0.05) is 50.2 Å². The summed E-state index contributed by atoms with van der Waals surface area (Å²) in [5, 5.41) is 2.92. The molecule has 1 aliphatic rings. The first kappa shape index (κ1) is 24.3. The fraction of sp³-hybridized carbons (Fsp3) is 0.370. The molecule has 1 N–H and O–H groups in total. The number of likely N-dealkylation sites (tertiary alicyclic amines) is 1. The van der Waals surface area contributed by atoms with Crippen LogP contribution < -0.4 is 15.6 Å². The molecule has 1 atom stereocenters. The standard InChI is InChI=1S/C27H32N4O4/c1-19(2)25-24(27(34)31(29(25)3)21-12-6-4-7-13-21)28-26(33)20-11-10-16-30(17-20)23(32)18-35-22-14-8-5-9-15-22/h4-9,12-15,19-20H,10-11,16-18H2,1-3H3,(H,28,33). The molecule has 2 aromatic carbocycles. The van der Waals surface area contributed by atoms with E-state index in [9.17, 15) is 14.4 Å². The van der Waals surface area contributed by atoms with Crippen LogP contribution in [0.4, 0.5) is 5.69 Å². The molecule has 2 heterocycles. The second-order valence-corrected chi connectivity index (χ2v) is 9.16. The van der Waals surface area contributed by atoms with Gasteiger partial charge in [-0.3, -0.25) is 19.1 Å². The number of hydrogen-bond donors (Lipinski definition) is 1. The van der Waals surface area contributed by atoms with Crippen molar-refractivity contribution in [1.82, 2.24) is 14.3 Å². The second-order valence-electron chi connectivity index (χ2n) is 9.16. The number of ether oxygens (including phenoxy) is 1. The van der Waals surface area contributed by atoms with E-state index in [1.807, 2.05) is 69.4 Å². The summed E-state index contributed by atoms with van der Waals surface area (Å²) in [6, 6.07) is 18.5. The molecular formula is C27H32N4O4. The van der Waals surface area contributed by atoms with Crippen LogP contribution in [0.25, 0.3) is 5.69 Å².